The number of thioether (sulfide) groups is 1. The molecule has 0 aliphatic carbocycles. The van der Waals surface area contributed by atoms with E-state index in [0.717, 1.165) is 35.6 Å². The van der Waals surface area contributed by atoms with Crippen molar-refractivity contribution in [3.05, 3.63) is 59.2 Å². The van der Waals surface area contributed by atoms with Crippen LogP contribution in [0.5, 0.6) is 17.2 Å². The third-order valence-electron chi connectivity index (χ3n) is 5.43. The smallest absolute Gasteiger partial charge is 0.283 e. The first-order valence-electron chi connectivity index (χ1n) is 11.5. The van der Waals surface area contributed by atoms with Crippen molar-refractivity contribution < 1.29 is 19.0 Å². The van der Waals surface area contributed by atoms with Gasteiger partial charge in [0, 0.05) is 0 Å². The molecule has 0 radical (unpaired) electrons. The summed E-state index contributed by atoms with van der Waals surface area (Å²) in [4.78, 5) is 16.8. The second-order valence-corrected chi connectivity index (χ2v) is 9.03. The summed E-state index contributed by atoms with van der Waals surface area (Å²) in [5, 5.41) is 15.8. The van der Waals surface area contributed by atoms with Gasteiger partial charge in [0.25, 0.3) is 5.91 Å². The van der Waals surface area contributed by atoms with Crippen LogP contribution in [0, 0.1) is 12.3 Å². The highest BCUT2D eigenvalue weighted by Crippen LogP contribution is 2.32. The zero-order chi connectivity index (χ0) is 24.8. The predicted molar refractivity (Wildman–Crippen MR) is 140 cm³/mol. The van der Waals surface area contributed by atoms with Crippen molar-refractivity contribution in [1.29, 1.82) is 5.41 Å². The van der Waals surface area contributed by atoms with E-state index in [-0.39, 0.29) is 11.4 Å². The van der Waals surface area contributed by atoms with Crippen LogP contribution in [0.4, 0.5) is 0 Å². The van der Waals surface area contributed by atoms with Crippen LogP contribution in [-0.2, 0) is 4.79 Å². The molecule has 0 saturated heterocycles. The Balaban J connectivity index is 1.43. The summed E-state index contributed by atoms with van der Waals surface area (Å²) in [5.74, 6) is 1.48. The average Bonchev–Trinajstić information content (AvgIpc) is 3.27. The van der Waals surface area contributed by atoms with Crippen LogP contribution in [0.3, 0.4) is 0 Å². The van der Waals surface area contributed by atoms with Crippen LogP contribution in [-0.4, -0.2) is 47.3 Å². The number of benzene rings is 2. The second-order valence-electron chi connectivity index (χ2n) is 7.99. The fraction of sp³-hybridized carbons (Fsp3) is 0.308. The van der Waals surface area contributed by atoms with Gasteiger partial charge in [0.05, 0.1) is 12.7 Å². The molecule has 2 aliphatic heterocycles. The van der Waals surface area contributed by atoms with E-state index in [9.17, 15) is 4.79 Å². The number of amides is 1. The summed E-state index contributed by atoms with van der Waals surface area (Å²) in [7, 11) is 1.56. The number of hydrogen-bond donors (Lipinski definition) is 1. The number of para-hydroxylation sites is 1. The summed E-state index contributed by atoms with van der Waals surface area (Å²) >= 11 is 1.36. The van der Waals surface area contributed by atoms with Gasteiger partial charge in [0.1, 0.15) is 24.0 Å². The Hall–Kier alpha value is -3.59. The number of nitrogens with zero attached hydrogens (tertiary/aromatic N) is 3. The summed E-state index contributed by atoms with van der Waals surface area (Å²) < 4.78 is 17.1. The van der Waals surface area contributed by atoms with E-state index in [4.69, 9.17) is 19.6 Å². The van der Waals surface area contributed by atoms with Crippen LogP contribution in [0.1, 0.15) is 37.3 Å². The van der Waals surface area contributed by atoms with Gasteiger partial charge in [-0.3, -0.25) is 10.2 Å². The van der Waals surface area contributed by atoms with Crippen molar-refractivity contribution in [3.8, 4) is 17.2 Å². The van der Waals surface area contributed by atoms with E-state index in [1.807, 2.05) is 37.3 Å². The Morgan fingerprint density at radius 1 is 1.09 bits per heavy atom. The molecule has 2 aliphatic rings. The highest BCUT2D eigenvalue weighted by molar-refractivity contribution is 8.26. The number of nitrogens with one attached hydrogen (secondary N) is 1. The molecule has 182 valence electrons. The van der Waals surface area contributed by atoms with Crippen LogP contribution >= 0.6 is 11.8 Å². The first kappa shape index (κ1) is 24.5. The molecule has 35 heavy (non-hydrogen) atoms. The van der Waals surface area contributed by atoms with Gasteiger partial charge in [-0.05, 0) is 66.9 Å². The van der Waals surface area contributed by atoms with Crippen LogP contribution in [0.15, 0.2) is 58.1 Å². The first-order valence-corrected chi connectivity index (χ1v) is 12.3. The largest absolute Gasteiger partial charge is 0.493 e. The SMILES string of the molecule is CCCCC1=NN2C(=N)/C(=C/c3ccc(OCCOc4ccccc4C)c(OC)c3)C(=O)N=C2S1. The molecule has 0 fully saturated rings. The molecule has 0 spiro atoms. The fourth-order valence-electron chi connectivity index (χ4n) is 3.54. The van der Waals surface area contributed by atoms with Crippen molar-refractivity contribution in [1.82, 2.24) is 5.01 Å². The standard InChI is InChI=1S/C26H28N4O4S/c1-4-5-10-23-29-30-24(27)19(25(31)28-26(30)35-23)15-18-11-12-21(22(16-18)32-3)34-14-13-33-20-9-7-6-8-17(20)2/h6-9,11-12,15-16,27H,4-5,10,13-14H2,1-3H3/b19-15-,27-24?. The minimum absolute atomic E-state index is 0.0200. The van der Waals surface area contributed by atoms with Crippen LogP contribution in [0.2, 0.25) is 0 Å². The normalized spacial score (nSPS) is 16.2. The Kier molecular flexibility index (Phi) is 7.87. The van der Waals surface area contributed by atoms with E-state index < -0.39 is 5.91 Å². The van der Waals surface area contributed by atoms with Crippen LogP contribution in [0.25, 0.3) is 6.08 Å². The Labute approximate surface area is 209 Å². The lowest BCUT2D eigenvalue weighted by Gasteiger charge is -2.20. The number of unbranched alkanes of at least 4 members (excludes halogenated alkanes) is 1. The fourth-order valence-corrected chi connectivity index (χ4v) is 4.47. The average molecular weight is 493 g/mol. The molecule has 9 heteroatoms. The van der Waals surface area contributed by atoms with Gasteiger partial charge in [0.2, 0.25) is 5.17 Å². The Morgan fingerprint density at radius 2 is 1.86 bits per heavy atom. The number of ether oxygens (including phenoxy) is 3. The van der Waals surface area contributed by atoms with E-state index in [1.54, 1.807) is 25.3 Å². The number of amidine groups is 2. The molecule has 0 unspecified atom stereocenters. The molecule has 2 heterocycles. The van der Waals surface area contributed by atoms with Gasteiger partial charge in [-0.25, -0.2) is 0 Å². The number of methoxy groups -OCH3 is 1. The van der Waals surface area contributed by atoms with Gasteiger partial charge < -0.3 is 14.2 Å². The summed E-state index contributed by atoms with van der Waals surface area (Å²) in [6, 6.07) is 13.2. The van der Waals surface area contributed by atoms with Gasteiger partial charge in [0.15, 0.2) is 17.3 Å². The number of carbonyl (C=O) groups is 1. The zero-order valence-electron chi connectivity index (χ0n) is 20.0. The van der Waals surface area contributed by atoms with E-state index >= 15 is 0 Å². The van der Waals surface area contributed by atoms with Gasteiger partial charge in [-0.15, -0.1) is 0 Å². The van der Waals surface area contributed by atoms with Crippen molar-refractivity contribution in [3.63, 3.8) is 0 Å². The lowest BCUT2D eigenvalue weighted by Crippen LogP contribution is -2.35. The Morgan fingerprint density at radius 3 is 2.60 bits per heavy atom. The monoisotopic (exact) mass is 492 g/mol. The van der Waals surface area contributed by atoms with Crippen molar-refractivity contribution in [2.75, 3.05) is 20.3 Å². The lowest BCUT2D eigenvalue weighted by molar-refractivity contribution is -0.114. The molecule has 0 bridgehead atoms. The van der Waals surface area contributed by atoms with E-state index in [0.29, 0.717) is 35.4 Å². The summed E-state index contributed by atoms with van der Waals surface area (Å²) in [6.07, 6.45) is 4.49. The molecule has 2 aromatic carbocycles. The summed E-state index contributed by atoms with van der Waals surface area (Å²) in [5.41, 5.74) is 1.94. The number of carbonyl (C=O) groups excluding carboxylic acids is 1. The predicted octanol–water partition coefficient (Wildman–Crippen LogP) is 5.27. The van der Waals surface area contributed by atoms with E-state index in [2.05, 4.69) is 17.0 Å². The third-order valence-corrected chi connectivity index (χ3v) is 6.40. The maximum Gasteiger partial charge on any atom is 0.283 e. The number of rotatable bonds is 10. The maximum absolute atomic E-state index is 12.7. The van der Waals surface area contributed by atoms with E-state index in [1.165, 1.54) is 16.8 Å². The molecule has 8 nitrogen and oxygen atoms in total. The van der Waals surface area contributed by atoms with Crippen molar-refractivity contribution in [2.45, 2.75) is 33.1 Å². The van der Waals surface area contributed by atoms with Crippen LogP contribution < -0.4 is 14.2 Å². The highest BCUT2D eigenvalue weighted by Gasteiger charge is 2.35. The highest BCUT2D eigenvalue weighted by atomic mass is 32.2. The number of fused-ring (bicyclic) bond motifs is 1. The molecule has 1 N–H and O–H groups in total. The molecule has 0 atom stereocenters. The number of hydrazone groups is 1. The minimum Gasteiger partial charge on any atom is -0.493 e. The van der Waals surface area contributed by atoms with Crippen molar-refractivity contribution >= 4 is 39.8 Å². The van der Waals surface area contributed by atoms with Gasteiger partial charge >= 0.3 is 0 Å². The molecule has 0 saturated carbocycles. The topological polar surface area (TPSA) is 96.6 Å². The molecule has 4 rings (SSSR count). The number of aliphatic imine (C=N–C) groups is 1. The first-order chi connectivity index (χ1) is 17.0. The molecular formula is C26H28N4O4S. The van der Waals surface area contributed by atoms with Crippen molar-refractivity contribution in [2.24, 2.45) is 10.1 Å². The number of aryl methyl sites for hydroxylation is 1. The minimum atomic E-state index is -0.451. The molecule has 2 aromatic rings. The lowest BCUT2D eigenvalue weighted by atomic mass is 10.1. The molecular weight excluding hydrogens is 464 g/mol. The third kappa shape index (κ3) is 5.74. The van der Waals surface area contributed by atoms with Gasteiger partial charge in [-0.2, -0.15) is 15.1 Å². The number of hydrogen-bond acceptors (Lipinski definition) is 7. The zero-order valence-corrected chi connectivity index (χ0v) is 20.9. The second kappa shape index (κ2) is 11.2. The molecule has 1 amide bonds. The Bertz CT molecular complexity index is 1220. The van der Waals surface area contributed by atoms with Gasteiger partial charge in [-0.1, -0.05) is 37.6 Å². The molecule has 0 aromatic heterocycles. The maximum atomic E-state index is 12.7. The summed E-state index contributed by atoms with van der Waals surface area (Å²) in [6.45, 7) is 4.84. The quantitative estimate of drug-likeness (QED) is 0.358.